The molecule has 1 aliphatic carbocycles. The maximum atomic E-state index is 12.4. The number of carbonyl (C=O) groups is 2. The van der Waals surface area contributed by atoms with Gasteiger partial charge in [0.05, 0.1) is 12.0 Å². The molecule has 0 heterocycles. The summed E-state index contributed by atoms with van der Waals surface area (Å²) < 4.78 is 0. The molecule has 0 bridgehead atoms. The van der Waals surface area contributed by atoms with Crippen LogP contribution >= 0.6 is 0 Å². The molecule has 0 spiro atoms. The highest BCUT2D eigenvalue weighted by Crippen LogP contribution is 2.59. The summed E-state index contributed by atoms with van der Waals surface area (Å²) >= 11 is 0. The van der Waals surface area contributed by atoms with E-state index in [1.54, 1.807) is 5.43 Å². The number of carbonyl (C=O) groups excluding carboxylic acids is 2. The highest BCUT2D eigenvalue weighted by Gasteiger charge is 2.60. The van der Waals surface area contributed by atoms with E-state index >= 15 is 0 Å². The topological polar surface area (TPSA) is 140 Å². The van der Waals surface area contributed by atoms with Gasteiger partial charge in [0.2, 0.25) is 5.91 Å². The molecule has 0 aromatic heterocycles. The molecule has 3 unspecified atom stereocenters. The van der Waals surface area contributed by atoms with E-state index in [0.717, 1.165) is 0 Å². The average Bonchev–Trinajstić information content (AvgIpc) is 3.01. The number of nitro groups is 1. The first-order chi connectivity index (χ1) is 11.6. The third kappa shape index (κ3) is 6.17. The van der Waals surface area contributed by atoms with E-state index in [1.165, 1.54) is 5.57 Å². The minimum Gasteiger partial charge on any atom is -0.365 e. The number of nitrogens with zero attached hydrogens (tertiary/aromatic N) is 2. The molecule has 3 atom stereocenters. The molecule has 0 aliphatic heterocycles. The Morgan fingerprint density at radius 2 is 2.08 bits per heavy atom. The van der Waals surface area contributed by atoms with Gasteiger partial charge in [-0.05, 0) is 38.0 Å². The standard InChI is InChI=1S/C16H27N5O4/c1-10(2)8-12-13(16(12,3)4)14(23)19-11(9-22)6-5-7-18-15(17)20-21(24)25/h8-9,11-13H,5-7H2,1-4H3,(H,19,23)(H3,17,18,20). The van der Waals surface area contributed by atoms with Gasteiger partial charge in [-0.25, -0.2) is 15.1 Å². The van der Waals surface area contributed by atoms with Crippen molar-refractivity contribution in [2.24, 2.45) is 28.0 Å². The Bertz CT molecular complexity index is 581. The summed E-state index contributed by atoms with van der Waals surface area (Å²) in [5.74, 6) is -0.367. The first-order valence-corrected chi connectivity index (χ1v) is 8.21. The minimum absolute atomic E-state index is 0.109. The van der Waals surface area contributed by atoms with Crippen LogP contribution in [0.2, 0.25) is 0 Å². The SMILES string of the molecule is CC(C)=CC1C(C(=O)NC(C=O)CCCN=C(N)N[N+](=O)[O-])C1(C)C. The van der Waals surface area contributed by atoms with Crippen molar-refractivity contribution in [2.75, 3.05) is 6.54 Å². The van der Waals surface area contributed by atoms with E-state index in [4.69, 9.17) is 5.73 Å². The third-order valence-corrected chi connectivity index (χ3v) is 4.36. The molecule has 0 saturated heterocycles. The summed E-state index contributed by atoms with van der Waals surface area (Å²) in [5.41, 5.74) is 8.08. The van der Waals surface area contributed by atoms with Gasteiger partial charge in [-0.1, -0.05) is 30.9 Å². The first kappa shape index (κ1) is 20.6. The molecule has 9 heteroatoms. The lowest BCUT2D eigenvalue weighted by Gasteiger charge is -2.12. The second-order valence-electron chi connectivity index (χ2n) is 7.10. The van der Waals surface area contributed by atoms with Crippen molar-refractivity contribution >= 4 is 18.2 Å². The molecule has 25 heavy (non-hydrogen) atoms. The van der Waals surface area contributed by atoms with Crippen molar-refractivity contribution < 1.29 is 14.6 Å². The summed E-state index contributed by atoms with van der Waals surface area (Å²) in [6.07, 6.45) is 3.66. The van der Waals surface area contributed by atoms with Crippen LogP contribution in [0.4, 0.5) is 0 Å². The van der Waals surface area contributed by atoms with Gasteiger partial charge in [0, 0.05) is 6.54 Å². The maximum Gasteiger partial charge on any atom is 0.251 e. The predicted molar refractivity (Wildman–Crippen MR) is 94.0 cm³/mol. The van der Waals surface area contributed by atoms with Gasteiger partial charge < -0.3 is 15.8 Å². The number of hydrogen-bond acceptors (Lipinski definition) is 5. The number of guanidine groups is 1. The zero-order valence-corrected chi connectivity index (χ0v) is 15.1. The second kappa shape index (κ2) is 8.59. The molecule has 140 valence electrons. The molecule has 9 nitrogen and oxygen atoms in total. The molecule has 0 radical (unpaired) electrons. The summed E-state index contributed by atoms with van der Waals surface area (Å²) in [6.45, 7) is 8.30. The highest BCUT2D eigenvalue weighted by molar-refractivity contribution is 5.86. The maximum absolute atomic E-state index is 12.4. The zero-order valence-electron chi connectivity index (χ0n) is 15.1. The van der Waals surface area contributed by atoms with Gasteiger partial charge in [0.15, 0.2) is 5.03 Å². The quantitative estimate of drug-likeness (QED) is 0.106. The fraction of sp³-hybridized carbons (Fsp3) is 0.688. The number of aliphatic imine (C=N–C) groups is 1. The lowest BCUT2D eigenvalue weighted by Crippen LogP contribution is -2.38. The lowest BCUT2D eigenvalue weighted by atomic mass is 10.1. The van der Waals surface area contributed by atoms with Crippen molar-refractivity contribution in [3.8, 4) is 0 Å². The van der Waals surface area contributed by atoms with Crippen molar-refractivity contribution in [1.29, 1.82) is 0 Å². The zero-order chi connectivity index (χ0) is 19.2. The van der Waals surface area contributed by atoms with Crippen LogP contribution in [0, 0.1) is 27.4 Å². The average molecular weight is 353 g/mol. The monoisotopic (exact) mass is 353 g/mol. The number of aldehydes is 1. The molecule has 1 fully saturated rings. The third-order valence-electron chi connectivity index (χ3n) is 4.36. The van der Waals surface area contributed by atoms with Crippen LogP contribution in [0.25, 0.3) is 0 Å². The second-order valence-corrected chi connectivity index (χ2v) is 7.10. The Hall–Kier alpha value is -2.45. The largest absolute Gasteiger partial charge is 0.365 e. The van der Waals surface area contributed by atoms with Crippen LogP contribution in [0.5, 0.6) is 0 Å². The van der Waals surface area contributed by atoms with Gasteiger partial charge in [-0.15, -0.1) is 0 Å². The number of rotatable bonds is 9. The van der Waals surface area contributed by atoms with Gasteiger partial charge in [-0.2, -0.15) is 0 Å². The number of amides is 1. The molecule has 4 N–H and O–H groups in total. The minimum atomic E-state index is -0.798. The van der Waals surface area contributed by atoms with Gasteiger partial charge in [0.25, 0.3) is 5.96 Å². The summed E-state index contributed by atoms with van der Waals surface area (Å²) in [6, 6.07) is -0.601. The Balaban J connectivity index is 2.46. The van der Waals surface area contributed by atoms with Crippen LogP contribution in [0.1, 0.15) is 40.5 Å². The molecule has 0 aromatic carbocycles. The predicted octanol–water partition coefficient (Wildman–Crippen LogP) is 0.785. The van der Waals surface area contributed by atoms with E-state index in [-0.39, 0.29) is 35.7 Å². The lowest BCUT2D eigenvalue weighted by molar-refractivity contribution is -0.525. The number of hydrogen-bond donors (Lipinski definition) is 3. The number of allylic oxidation sites excluding steroid dienone is 2. The van der Waals surface area contributed by atoms with Crippen LogP contribution < -0.4 is 16.5 Å². The smallest absolute Gasteiger partial charge is 0.251 e. The van der Waals surface area contributed by atoms with Crippen LogP contribution in [0.3, 0.4) is 0 Å². The molecular weight excluding hydrogens is 326 g/mol. The number of nitrogens with one attached hydrogen (secondary N) is 2. The Kier molecular flexibility index (Phi) is 7.08. The molecule has 1 aliphatic rings. The van der Waals surface area contributed by atoms with Crippen LogP contribution in [0.15, 0.2) is 16.6 Å². The fourth-order valence-electron chi connectivity index (χ4n) is 2.93. The summed E-state index contributed by atoms with van der Waals surface area (Å²) in [4.78, 5) is 37.5. The molecular formula is C16H27N5O4. The van der Waals surface area contributed by atoms with E-state index in [2.05, 4.69) is 16.4 Å². The van der Waals surface area contributed by atoms with Crippen molar-refractivity contribution in [3.63, 3.8) is 0 Å². The van der Waals surface area contributed by atoms with E-state index in [9.17, 15) is 19.7 Å². The van der Waals surface area contributed by atoms with Crippen LogP contribution in [-0.2, 0) is 9.59 Å². The van der Waals surface area contributed by atoms with Gasteiger partial charge >= 0.3 is 0 Å². The molecule has 1 rings (SSSR count). The van der Waals surface area contributed by atoms with Crippen molar-refractivity contribution in [3.05, 3.63) is 21.8 Å². The number of nitrogens with two attached hydrogens (primary N) is 1. The van der Waals surface area contributed by atoms with E-state index < -0.39 is 11.1 Å². The molecule has 0 aromatic rings. The number of hydrazine groups is 1. The summed E-state index contributed by atoms with van der Waals surface area (Å²) in [5, 5.41) is 12.1. The van der Waals surface area contributed by atoms with Gasteiger partial charge in [0.1, 0.15) is 6.29 Å². The summed E-state index contributed by atoms with van der Waals surface area (Å²) in [7, 11) is 0. The highest BCUT2D eigenvalue weighted by atomic mass is 16.7. The van der Waals surface area contributed by atoms with Crippen molar-refractivity contribution in [2.45, 2.75) is 46.6 Å². The fourth-order valence-corrected chi connectivity index (χ4v) is 2.93. The molecule has 1 saturated carbocycles. The Morgan fingerprint density at radius 1 is 1.44 bits per heavy atom. The van der Waals surface area contributed by atoms with E-state index in [1.807, 2.05) is 27.7 Å². The van der Waals surface area contributed by atoms with Gasteiger partial charge in [-0.3, -0.25) is 4.79 Å². The Morgan fingerprint density at radius 3 is 2.60 bits per heavy atom. The van der Waals surface area contributed by atoms with Crippen LogP contribution in [-0.4, -0.2) is 35.8 Å². The Labute approximate surface area is 147 Å². The van der Waals surface area contributed by atoms with Crippen molar-refractivity contribution in [1.82, 2.24) is 10.7 Å². The normalized spacial score (nSPS) is 22.5. The first-order valence-electron chi connectivity index (χ1n) is 8.21. The van der Waals surface area contributed by atoms with E-state index in [0.29, 0.717) is 19.1 Å². The molecule has 1 amide bonds.